The number of hydrogen-bond acceptors (Lipinski definition) is 4. The average molecular weight is 364 g/mol. The third kappa shape index (κ3) is 2.46. The highest BCUT2D eigenvalue weighted by Gasteiger charge is 2.22. The molecule has 0 saturated carbocycles. The highest BCUT2D eigenvalue weighted by Crippen LogP contribution is 2.27. The lowest BCUT2D eigenvalue weighted by molar-refractivity contribution is 0.0831. The Morgan fingerprint density at radius 1 is 1.25 bits per heavy atom. The first kappa shape index (κ1) is 16.5. The fraction of sp³-hybridized carbons (Fsp3) is 0.188. The van der Waals surface area contributed by atoms with Gasteiger partial charge >= 0.3 is 5.69 Å². The normalized spacial score (nSPS) is 11.0. The van der Waals surface area contributed by atoms with Crippen LogP contribution in [0.3, 0.4) is 0 Å². The van der Waals surface area contributed by atoms with E-state index in [4.69, 9.17) is 11.6 Å². The predicted octanol–water partition coefficient (Wildman–Crippen LogP) is 2.40. The Hall–Kier alpha value is -2.38. The minimum Gasteiger partial charge on any atom is -0.344 e. The van der Waals surface area contributed by atoms with Crippen molar-refractivity contribution in [1.82, 2.24) is 14.5 Å². The Morgan fingerprint density at radius 3 is 2.54 bits per heavy atom. The zero-order chi connectivity index (χ0) is 17.6. The van der Waals surface area contributed by atoms with E-state index in [2.05, 4.69) is 4.98 Å². The number of aromatic amines is 1. The molecule has 6 nitrogen and oxygen atoms in total. The van der Waals surface area contributed by atoms with Crippen LogP contribution < -0.4 is 11.2 Å². The molecule has 2 aromatic heterocycles. The van der Waals surface area contributed by atoms with Gasteiger partial charge in [-0.2, -0.15) is 0 Å². The van der Waals surface area contributed by atoms with Gasteiger partial charge in [0, 0.05) is 14.1 Å². The monoisotopic (exact) mass is 363 g/mol. The van der Waals surface area contributed by atoms with Gasteiger partial charge in [-0.15, -0.1) is 11.3 Å². The first-order chi connectivity index (χ1) is 11.3. The number of nitrogens with zero attached hydrogens (tertiary/aromatic N) is 2. The molecule has 24 heavy (non-hydrogen) atoms. The van der Waals surface area contributed by atoms with Gasteiger partial charge in [-0.05, 0) is 24.6 Å². The Labute approximate surface area is 145 Å². The molecule has 2 heterocycles. The summed E-state index contributed by atoms with van der Waals surface area (Å²) in [5.41, 5.74) is -0.228. The number of para-hydroxylation sites is 1. The number of fused-ring (bicyclic) bond motifs is 1. The summed E-state index contributed by atoms with van der Waals surface area (Å²) in [5, 5.41) is 0.617. The fourth-order valence-corrected chi connectivity index (χ4v) is 3.91. The Bertz CT molecular complexity index is 1080. The van der Waals surface area contributed by atoms with E-state index in [1.165, 1.54) is 4.90 Å². The molecule has 1 N–H and O–H groups in total. The summed E-state index contributed by atoms with van der Waals surface area (Å²) in [6.45, 7) is 1.70. The molecule has 0 atom stereocenters. The zero-order valence-corrected chi connectivity index (χ0v) is 14.8. The van der Waals surface area contributed by atoms with E-state index in [9.17, 15) is 14.4 Å². The fourth-order valence-electron chi connectivity index (χ4n) is 2.48. The van der Waals surface area contributed by atoms with Gasteiger partial charge in [0.25, 0.3) is 11.5 Å². The summed E-state index contributed by atoms with van der Waals surface area (Å²) in [7, 11) is 3.27. The molecule has 1 aromatic carbocycles. The summed E-state index contributed by atoms with van der Waals surface area (Å²) >= 11 is 7.22. The van der Waals surface area contributed by atoms with Crippen LogP contribution in [0.25, 0.3) is 15.9 Å². The molecule has 0 unspecified atom stereocenters. The minimum absolute atomic E-state index is 0.210. The van der Waals surface area contributed by atoms with Crippen LogP contribution in [-0.2, 0) is 0 Å². The second-order valence-corrected chi connectivity index (χ2v) is 6.91. The molecular formula is C16H14ClN3O3S. The zero-order valence-electron chi connectivity index (χ0n) is 13.2. The highest BCUT2D eigenvalue weighted by molar-refractivity contribution is 7.20. The van der Waals surface area contributed by atoms with Crippen molar-refractivity contribution in [2.24, 2.45) is 0 Å². The second kappa shape index (κ2) is 5.92. The van der Waals surface area contributed by atoms with E-state index in [0.717, 1.165) is 15.9 Å². The van der Waals surface area contributed by atoms with Gasteiger partial charge in [0.05, 0.1) is 21.0 Å². The van der Waals surface area contributed by atoms with Crippen LogP contribution in [0.2, 0.25) is 5.02 Å². The molecule has 1 amide bonds. The number of benzene rings is 1. The van der Waals surface area contributed by atoms with Crippen LogP contribution in [-0.4, -0.2) is 34.5 Å². The molecule has 0 fully saturated rings. The lowest BCUT2D eigenvalue weighted by atomic mass is 10.2. The van der Waals surface area contributed by atoms with E-state index in [1.54, 1.807) is 45.3 Å². The lowest BCUT2D eigenvalue weighted by Gasteiger charge is -2.08. The molecule has 0 aliphatic carbocycles. The van der Waals surface area contributed by atoms with Crippen LogP contribution >= 0.6 is 22.9 Å². The minimum atomic E-state index is -0.592. The highest BCUT2D eigenvalue weighted by atomic mass is 35.5. The quantitative estimate of drug-likeness (QED) is 0.759. The summed E-state index contributed by atoms with van der Waals surface area (Å²) in [6.07, 6.45) is 0. The molecule has 8 heteroatoms. The first-order valence-corrected chi connectivity index (χ1v) is 8.27. The predicted molar refractivity (Wildman–Crippen MR) is 95.8 cm³/mol. The number of amides is 1. The number of thiophene rings is 1. The molecule has 0 aliphatic rings. The number of hydrogen-bond donors (Lipinski definition) is 1. The molecule has 0 spiro atoms. The van der Waals surface area contributed by atoms with Crippen LogP contribution in [0.4, 0.5) is 0 Å². The molecule has 0 saturated heterocycles. The number of H-pyrrole nitrogens is 1. The lowest BCUT2D eigenvalue weighted by Crippen LogP contribution is -2.33. The van der Waals surface area contributed by atoms with E-state index in [0.29, 0.717) is 31.4 Å². The van der Waals surface area contributed by atoms with Gasteiger partial charge in [0.1, 0.15) is 4.83 Å². The number of rotatable bonds is 2. The van der Waals surface area contributed by atoms with Crippen molar-refractivity contribution in [3.8, 4) is 5.69 Å². The molecule has 3 rings (SSSR count). The standard InChI is InChI=1S/C16H14ClN3O3S/c1-8-11-13(24-12(8)15(22)19(2)3)18-16(23)20(14(11)21)10-7-5-4-6-9(10)17/h4-7H,1-3H3,(H,18,23). The maximum Gasteiger partial charge on any atom is 0.334 e. The van der Waals surface area contributed by atoms with Gasteiger partial charge in [0.15, 0.2) is 0 Å². The van der Waals surface area contributed by atoms with Crippen molar-refractivity contribution in [2.75, 3.05) is 14.1 Å². The molecule has 0 radical (unpaired) electrons. The van der Waals surface area contributed by atoms with Crippen LogP contribution in [0, 0.1) is 6.92 Å². The van der Waals surface area contributed by atoms with Crippen molar-refractivity contribution in [2.45, 2.75) is 6.92 Å². The molecule has 3 aromatic rings. The first-order valence-electron chi connectivity index (χ1n) is 7.08. The smallest absolute Gasteiger partial charge is 0.334 e. The number of aryl methyl sites for hydroxylation is 1. The number of carbonyl (C=O) groups excluding carboxylic acids is 1. The third-order valence-electron chi connectivity index (χ3n) is 3.68. The number of halogens is 1. The average Bonchev–Trinajstić information content (AvgIpc) is 2.85. The second-order valence-electron chi connectivity index (χ2n) is 5.48. The van der Waals surface area contributed by atoms with Crippen LogP contribution in [0.15, 0.2) is 33.9 Å². The summed E-state index contributed by atoms with van der Waals surface area (Å²) in [6, 6.07) is 6.61. The molecule has 0 aliphatic heterocycles. The van der Waals surface area contributed by atoms with Crippen LogP contribution in [0.5, 0.6) is 0 Å². The Morgan fingerprint density at radius 2 is 1.92 bits per heavy atom. The van der Waals surface area contributed by atoms with Gasteiger partial charge in [-0.1, -0.05) is 23.7 Å². The van der Waals surface area contributed by atoms with Crippen LogP contribution in [0.1, 0.15) is 15.2 Å². The number of nitrogens with one attached hydrogen (secondary N) is 1. The van der Waals surface area contributed by atoms with E-state index in [-0.39, 0.29) is 5.91 Å². The molecule has 0 bridgehead atoms. The van der Waals surface area contributed by atoms with Crippen molar-refractivity contribution >= 4 is 39.1 Å². The van der Waals surface area contributed by atoms with Crippen molar-refractivity contribution < 1.29 is 4.79 Å². The van der Waals surface area contributed by atoms with Crippen molar-refractivity contribution in [3.05, 3.63) is 60.6 Å². The van der Waals surface area contributed by atoms with Crippen molar-refractivity contribution in [3.63, 3.8) is 0 Å². The Balaban J connectivity index is 2.38. The topological polar surface area (TPSA) is 75.2 Å². The Kier molecular flexibility index (Phi) is 4.06. The SMILES string of the molecule is Cc1c(C(=O)N(C)C)sc2[nH]c(=O)n(-c3ccccc3Cl)c(=O)c12. The number of aromatic nitrogens is 2. The van der Waals surface area contributed by atoms with E-state index < -0.39 is 11.2 Å². The maximum atomic E-state index is 12.9. The van der Waals surface area contributed by atoms with Gasteiger partial charge in [0.2, 0.25) is 0 Å². The molecule has 124 valence electrons. The largest absolute Gasteiger partial charge is 0.344 e. The van der Waals surface area contributed by atoms with E-state index in [1.807, 2.05) is 0 Å². The summed E-state index contributed by atoms with van der Waals surface area (Å²) in [5.74, 6) is -0.210. The summed E-state index contributed by atoms with van der Waals surface area (Å²) < 4.78 is 0.994. The molecular weight excluding hydrogens is 350 g/mol. The van der Waals surface area contributed by atoms with Gasteiger partial charge in [-0.25, -0.2) is 9.36 Å². The van der Waals surface area contributed by atoms with Gasteiger partial charge in [-0.3, -0.25) is 14.6 Å². The number of carbonyl (C=O) groups is 1. The van der Waals surface area contributed by atoms with E-state index >= 15 is 0 Å². The third-order valence-corrected chi connectivity index (χ3v) is 5.20. The van der Waals surface area contributed by atoms with Crippen molar-refractivity contribution in [1.29, 1.82) is 0 Å². The van der Waals surface area contributed by atoms with Gasteiger partial charge < -0.3 is 4.90 Å². The maximum absolute atomic E-state index is 12.9. The summed E-state index contributed by atoms with van der Waals surface area (Å²) in [4.78, 5) is 42.5.